The Morgan fingerprint density at radius 2 is 1.81 bits per heavy atom. The normalized spacial score (nSPS) is 14.8. The first-order valence-corrected chi connectivity index (χ1v) is 12.4. The number of rotatable bonds is 8. The van der Waals surface area contributed by atoms with Crippen molar-refractivity contribution in [1.82, 2.24) is 9.62 Å². The van der Waals surface area contributed by atoms with E-state index in [9.17, 15) is 13.2 Å². The molecule has 1 saturated heterocycles. The van der Waals surface area contributed by atoms with Gasteiger partial charge in [-0.05, 0) is 56.4 Å². The van der Waals surface area contributed by atoms with Crippen LogP contribution < -0.4 is 9.46 Å². The first-order valence-electron chi connectivity index (χ1n) is 10.9. The first-order chi connectivity index (χ1) is 14.9. The van der Waals surface area contributed by atoms with E-state index in [0.29, 0.717) is 37.4 Å². The Hall–Kier alpha value is -2.38. The molecular weight excluding hydrogens is 412 g/mol. The molecule has 0 bridgehead atoms. The van der Waals surface area contributed by atoms with Crippen LogP contribution in [0.25, 0.3) is 0 Å². The average molecular weight is 445 g/mol. The maximum atomic E-state index is 13.1. The minimum atomic E-state index is -3.72. The summed E-state index contributed by atoms with van der Waals surface area (Å²) in [5.74, 6) is 0.225. The minimum absolute atomic E-state index is 0.0852. The summed E-state index contributed by atoms with van der Waals surface area (Å²) in [6.45, 7) is 3.75. The van der Waals surface area contributed by atoms with Crippen molar-refractivity contribution >= 4 is 15.9 Å². The van der Waals surface area contributed by atoms with Crippen LogP contribution in [0.3, 0.4) is 0 Å². The Kier molecular flexibility index (Phi) is 8.09. The maximum absolute atomic E-state index is 13.1. The summed E-state index contributed by atoms with van der Waals surface area (Å²) in [5, 5.41) is 0. The van der Waals surface area contributed by atoms with E-state index in [4.69, 9.17) is 4.74 Å². The van der Waals surface area contributed by atoms with Gasteiger partial charge in [-0.25, -0.2) is 13.1 Å². The third kappa shape index (κ3) is 6.31. The average Bonchev–Trinajstić information content (AvgIpc) is 3.05. The molecule has 1 amide bonds. The number of sulfonamides is 1. The number of carbonyl (C=O) groups is 1. The van der Waals surface area contributed by atoms with Crippen molar-refractivity contribution < 1.29 is 17.9 Å². The van der Waals surface area contributed by atoms with Crippen LogP contribution >= 0.6 is 0 Å². The zero-order valence-electron chi connectivity index (χ0n) is 18.4. The standard InChI is InChI=1S/C24H32N2O4S/c1-19-9-7-10-20(17-19)11-8-14-25-31(28,29)21-12-13-23(30-2)22(18-21)24(27)26-15-5-3-4-6-16-26/h7,9-10,12-13,17-18,25H,3-6,8,11,14-16H2,1-2H3. The van der Waals surface area contributed by atoms with E-state index >= 15 is 0 Å². The van der Waals surface area contributed by atoms with Crippen LogP contribution in [0.5, 0.6) is 5.75 Å². The van der Waals surface area contributed by atoms with E-state index in [2.05, 4.69) is 10.8 Å². The molecular formula is C24H32N2O4S. The third-order valence-corrected chi connectivity index (χ3v) is 7.08. The van der Waals surface area contributed by atoms with Gasteiger partial charge in [0.1, 0.15) is 5.75 Å². The molecule has 0 spiro atoms. The van der Waals surface area contributed by atoms with Gasteiger partial charge < -0.3 is 9.64 Å². The topological polar surface area (TPSA) is 75.7 Å². The van der Waals surface area contributed by atoms with E-state index < -0.39 is 10.0 Å². The van der Waals surface area contributed by atoms with Gasteiger partial charge >= 0.3 is 0 Å². The molecule has 0 atom stereocenters. The number of hydrogen-bond acceptors (Lipinski definition) is 4. The van der Waals surface area contributed by atoms with Crippen LogP contribution in [0, 0.1) is 6.92 Å². The number of aryl methyl sites for hydroxylation is 2. The molecule has 31 heavy (non-hydrogen) atoms. The number of amides is 1. The van der Waals surface area contributed by atoms with Crippen LogP contribution in [-0.2, 0) is 16.4 Å². The minimum Gasteiger partial charge on any atom is -0.496 e. The fourth-order valence-electron chi connectivity index (χ4n) is 3.92. The van der Waals surface area contributed by atoms with Gasteiger partial charge in [0.05, 0.1) is 17.6 Å². The van der Waals surface area contributed by atoms with Gasteiger partial charge in [0, 0.05) is 19.6 Å². The zero-order chi connectivity index (χ0) is 22.3. The molecule has 7 heteroatoms. The number of nitrogens with zero attached hydrogens (tertiary/aromatic N) is 1. The van der Waals surface area contributed by atoms with Crippen LogP contribution in [0.2, 0.25) is 0 Å². The number of nitrogens with one attached hydrogen (secondary N) is 1. The largest absolute Gasteiger partial charge is 0.496 e. The summed E-state index contributed by atoms with van der Waals surface area (Å²) in [4.78, 5) is 15.0. The van der Waals surface area contributed by atoms with Gasteiger partial charge in [-0.1, -0.05) is 42.7 Å². The molecule has 1 heterocycles. The lowest BCUT2D eigenvalue weighted by molar-refractivity contribution is 0.0758. The Bertz CT molecular complexity index is 996. The Labute approximate surface area is 185 Å². The highest BCUT2D eigenvalue weighted by Crippen LogP contribution is 2.25. The Morgan fingerprint density at radius 3 is 2.48 bits per heavy atom. The van der Waals surface area contributed by atoms with Crippen LogP contribution in [0.1, 0.15) is 53.6 Å². The van der Waals surface area contributed by atoms with Crippen molar-refractivity contribution in [2.45, 2.75) is 50.3 Å². The van der Waals surface area contributed by atoms with E-state index in [1.807, 2.05) is 25.1 Å². The van der Waals surface area contributed by atoms with Gasteiger partial charge in [-0.3, -0.25) is 4.79 Å². The van der Waals surface area contributed by atoms with E-state index in [1.165, 1.54) is 30.4 Å². The molecule has 1 N–H and O–H groups in total. The second-order valence-corrected chi connectivity index (χ2v) is 9.83. The van der Waals surface area contributed by atoms with E-state index in [0.717, 1.165) is 32.1 Å². The van der Waals surface area contributed by atoms with Crippen molar-refractivity contribution in [3.8, 4) is 5.75 Å². The molecule has 1 fully saturated rings. The molecule has 168 valence electrons. The van der Waals surface area contributed by atoms with Gasteiger partial charge in [0.2, 0.25) is 10.0 Å². The van der Waals surface area contributed by atoms with Gasteiger partial charge in [-0.15, -0.1) is 0 Å². The molecule has 3 rings (SSSR count). The predicted molar refractivity (Wildman–Crippen MR) is 122 cm³/mol. The number of carbonyl (C=O) groups excluding carboxylic acids is 1. The second-order valence-electron chi connectivity index (χ2n) is 8.06. The predicted octanol–water partition coefficient (Wildman–Crippen LogP) is 3.93. The second kappa shape index (κ2) is 10.8. The highest BCUT2D eigenvalue weighted by Gasteiger charge is 2.24. The number of hydrogen-bond donors (Lipinski definition) is 1. The number of ether oxygens (including phenoxy) is 1. The number of likely N-dealkylation sites (tertiary alicyclic amines) is 1. The quantitative estimate of drug-likeness (QED) is 0.626. The van der Waals surface area contributed by atoms with E-state index in [-0.39, 0.29) is 10.8 Å². The molecule has 6 nitrogen and oxygen atoms in total. The summed E-state index contributed by atoms with van der Waals surface area (Å²) in [6.07, 6.45) is 5.65. The van der Waals surface area contributed by atoms with Crippen LogP contribution in [0.4, 0.5) is 0 Å². The fraction of sp³-hybridized carbons (Fsp3) is 0.458. The smallest absolute Gasteiger partial charge is 0.257 e. The molecule has 0 aromatic heterocycles. The lowest BCUT2D eigenvalue weighted by atomic mass is 10.1. The summed E-state index contributed by atoms with van der Waals surface area (Å²) < 4.78 is 33.7. The van der Waals surface area contributed by atoms with Crippen molar-refractivity contribution in [3.63, 3.8) is 0 Å². The molecule has 0 radical (unpaired) electrons. The van der Waals surface area contributed by atoms with Gasteiger partial charge in [0.25, 0.3) is 5.91 Å². The van der Waals surface area contributed by atoms with Gasteiger partial charge in [-0.2, -0.15) is 0 Å². The van der Waals surface area contributed by atoms with Crippen molar-refractivity contribution in [2.75, 3.05) is 26.7 Å². The maximum Gasteiger partial charge on any atom is 0.257 e. The first kappa shape index (κ1) is 23.3. The molecule has 2 aromatic carbocycles. The molecule has 1 aliphatic heterocycles. The lowest BCUT2D eigenvalue weighted by Gasteiger charge is -2.22. The van der Waals surface area contributed by atoms with Crippen molar-refractivity contribution in [1.29, 1.82) is 0 Å². The Morgan fingerprint density at radius 1 is 1.06 bits per heavy atom. The molecule has 0 saturated carbocycles. The highest BCUT2D eigenvalue weighted by molar-refractivity contribution is 7.89. The summed E-state index contributed by atoms with van der Waals surface area (Å²) in [7, 11) is -2.23. The number of benzene rings is 2. The highest BCUT2D eigenvalue weighted by atomic mass is 32.2. The van der Waals surface area contributed by atoms with E-state index in [1.54, 1.807) is 11.0 Å². The van der Waals surface area contributed by atoms with Crippen LogP contribution in [0.15, 0.2) is 47.4 Å². The summed E-state index contributed by atoms with van der Waals surface area (Å²) in [6, 6.07) is 12.7. The SMILES string of the molecule is COc1ccc(S(=O)(=O)NCCCc2cccc(C)c2)cc1C(=O)N1CCCCCC1. The number of methoxy groups -OCH3 is 1. The Balaban J connectivity index is 1.68. The molecule has 2 aromatic rings. The van der Waals surface area contributed by atoms with Crippen LogP contribution in [-0.4, -0.2) is 46.0 Å². The lowest BCUT2D eigenvalue weighted by Crippen LogP contribution is -2.32. The third-order valence-electron chi connectivity index (χ3n) is 5.62. The van der Waals surface area contributed by atoms with Crippen molar-refractivity contribution in [3.05, 3.63) is 59.2 Å². The summed E-state index contributed by atoms with van der Waals surface area (Å²) >= 11 is 0. The zero-order valence-corrected chi connectivity index (χ0v) is 19.2. The monoisotopic (exact) mass is 444 g/mol. The molecule has 1 aliphatic rings. The van der Waals surface area contributed by atoms with Gasteiger partial charge in [0.15, 0.2) is 0 Å². The molecule has 0 unspecified atom stereocenters. The van der Waals surface area contributed by atoms with Crippen molar-refractivity contribution in [2.24, 2.45) is 0 Å². The fourth-order valence-corrected chi connectivity index (χ4v) is 5.02. The molecule has 0 aliphatic carbocycles. The summed E-state index contributed by atoms with van der Waals surface area (Å²) in [5.41, 5.74) is 2.68.